The Hall–Kier alpha value is -3.91. The van der Waals surface area contributed by atoms with Gasteiger partial charge in [-0.05, 0) is 68.5 Å². The number of fused-ring (bicyclic) bond motifs is 1. The molecule has 8 heteroatoms. The lowest BCUT2D eigenvalue weighted by atomic mass is 9.88. The highest BCUT2D eigenvalue weighted by molar-refractivity contribution is 5.92. The van der Waals surface area contributed by atoms with Crippen LogP contribution >= 0.6 is 0 Å². The van der Waals surface area contributed by atoms with Crippen molar-refractivity contribution in [3.05, 3.63) is 63.3 Å². The summed E-state index contributed by atoms with van der Waals surface area (Å²) in [5.41, 5.74) is 3.41. The Labute approximate surface area is 198 Å². The third kappa shape index (κ3) is 3.97. The van der Waals surface area contributed by atoms with Crippen molar-refractivity contribution in [2.75, 3.05) is 23.9 Å². The Morgan fingerprint density at radius 1 is 1.03 bits per heavy atom. The van der Waals surface area contributed by atoms with Crippen LogP contribution in [0, 0.1) is 35.4 Å². The highest BCUT2D eigenvalue weighted by Crippen LogP contribution is 2.34. The molecule has 2 aromatic heterocycles. The van der Waals surface area contributed by atoms with Crippen molar-refractivity contribution in [1.29, 1.82) is 10.5 Å². The number of aromatic nitrogens is 2. The van der Waals surface area contributed by atoms with Gasteiger partial charge in [0, 0.05) is 38.9 Å². The number of rotatable bonds is 4. The van der Waals surface area contributed by atoms with Gasteiger partial charge in [-0.1, -0.05) is 0 Å². The zero-order chi connectivity index (χ0) is 24.6. The number of halogens is 1. The number of pyridine rings is 2. The maximum atomic E-state index is 13.5. The number of benzene rings is 1. The van der Waals surface area contributed by atoms with Crippen molar-refractivity contribution >= 4 is 22.4 Å². The topological polar surface area (TPSA) is 89.0 Å². The molecule has 0 N–H and O–H groups in total. The molecule has 7 nitrogen and oxygen atoms in total. The van der Waals surface area contributed by atoms with Crippen LogP contribution in [0.2, 0.25) is 0 Å². The molecule has 4 rings (SSSR count). The number of nitriles is 2. The molecule has 174 valence electrons. The quantitative estimate of drug-likeness (QED) is 0.587. The predicted molar refractivity (Wildman–Crippen MR) is 130 cm³/mol. The first kappa shape index (κ1) is 23.3. The van der Waals surface area contributed by atoms with Crippen molar-refractivity contribution in [3.8, 4) is 12.1 Å². The zero-order valence-electron chi connectivity index (χ0n) is 19.8. The smallest absolute Gasteiger partial charge is 0.270 e. The molecule has 1 aromatic carbocycles. The Kier molecular flexibility index (Phi) is 6.26. The molecular formula is C26H27FN6O. The summed E-state index contributed by atoms with van der Waals surface area (Å²) in [5, 5.41) is 19.2. The van der Waals surface area contributed by atoms with Crippen LogP contribution in [0.25, 0.3) is 11.0 Å². The number of anilines is 2. The number of hydrogen-bond donors (Lipinski definition) is 0. The lowest BCUT2D eigenvalue weighted by Crippen LogP contribution is -2.43. The minimum atomic E-state index is -0.372. The molecule has 34 heavy (non-hydrogen) atoms. The van der Waals surface area contributed by atoms with Crippen molar-refractivity contribution in [2.24, 2.45) is 7.05 Å². The normalized spacial score (nSPS) is 17.7. The monoisotopic (exact) mass is 458 g/mol. The van der Waals surface area contributed by atoms with Gasteiger partial charge in [0.2, 0.25) is 0 Å². The van der Waals surface area contributed by atoms with E-state index in [1.807, 2.05) is 38.1 Å². The minimum absolute atomic E-state index is 0.0428. The van der Waals surface area contributed by atoms with Crippen LogP contribution in [0.4, 0.5) is 15.8 Å². The fourth-order valence-electron chi connectivity index (χ4n) is 5.13. The molecule has 0 saturated heterocycles. The van der Waals surface area contributed by atoms with E-state index >= 15 is 0 Å². The predicted octanol–water partition coefficient (Wildman–Crippen LogP) is 4.01. The van der Waals surface area contributed by atoms with Gasteiger partial charge in [-0.3, -0.25) is 4.79 Å². The first-order valence-corrected chi connectivity index (χ1v) is 11.3. The molecule has 0 atom stereocenters. The van der Waals surface area contributed by atoms with Gasteiger partial charge in [0.1, 0.15) is 34.7 Å². The van der Waals surface area contributed by atoms with Gasteiger partial charge in [-0.2, -0.15) is 10.5 Å². The summed E-state index contributed by atoms with van der Waals surface area (Å²) in [6, 6.07) is 12.7. The van der Waals surface area contributed by atoms with Crippen molar-refractivity contribution < 1.29 is 4.39 Å². The van der Waals surface area contributed by atoms with Gasteiger partial charge in [-0.15, -0.1) is 0 Å². The van der Waals surface area contributed by atoms with Crippen molar-refractivity contribution in [1.82, 2.24) is 9.55 Å². The summed E-state index contributed by atoms with van der Waals surface area (Å²) >= 11 is 0. The van der Waals surface area contributed by atoms with Gasteiger partial charge in [0.05, 0.1) is 11.2 Å². The van der Waals surface area contributed by atoms with E-state index in [1.54, 1.807) is 25.2 Å². The van der Waals surface area contributed by atoms with E-state index in [-0.39, 0.29) is 28.7 Å². The molecule has 0 spiro atoms. The average Bonchev–Trinajstić information content (AvgIpc) is 2.85. The second kappa shape index (κ2) is 9.15. The first-order valence-electron chi connectivity index (χ1n) is 11.3. The zero-order valence-corrected chi connectivity index (χ0v) is 19.8. The Balaban J connectivity index is 1.63. The highest BCUT2D eigenvalue weighted by Gasteiger charge is 2.30. The summed E-state index contributed by atoms with van der Waals surface area (Å²) in [5.74, 6) is -0.234. The van der Waals surface area contributed by atoms with Crippen LogP contribution in [0.1, 0.15) is 42.5 Å². The van der Waals surface area contributed by atoms with E-state index in [0.717, 1.165) is 36.9 Å². The van der Waals surface area contributed by atoms with E-state index in [4.69, 9.17) is 0 Å². The molecular weight excluding hydrogens is 431 g/mol. The summed E-state index contributed by atoms with van der Waals surface area (Å²) in [6.07, 6.45) is 3.57. The van der Waals surface area contributed by atoms with Gasteiger partial charge >= 0.3 is 0 Å². The fourth-order valence-corrected chi connectivity index (χ4v) is 5.13. The molecule has 0 aliphatic heterocycles. The van der Waals surface area contributed by atoms with Crippen LogP contribution in [0.3, 0.4) is 0 Å². The molecule has 1 aliphatic rings. The first-order chi connectivity index (χ1) is 16.3. The van der Waals surface area contributed by atoms with Gasteiger partial charge in [0.25, 0.3) is 5.56 Å². The van der Waals surface area contributed by atoms with Gasteiger partial charge in [-0.25, -0.2) is 9.37 Å². The highest BCUT2D eigenvalue weighted by atomic mass is 19.1. The molecule has 1 saturated carbocycles. The fraction of sp³-hybridized carbons (Fsp3) is 0.385. The van der Waals surface area contributed by atoms with Crippen LogP contribution < -0.4 is 15.4 Å². The lowest BCUT2D eigenvalue weighted by Gasteiger charge is -2.40. The Bertz CT molecular complexity index is 1390. The molecule has 2 heterocycles. The second-order valence-corrected chi connectivity index (χ2v) is 8.99. The van der Waals surface area contributed by atoms with E-state index in [0.29, 0.717) is 22.8 Å². The van der Waals surface area contributed by atoms with Gasteiger partial charge in [0.15, 0.2) is 0 Å². The van der Waals surface area contributed by atoms with Gasteiger partial charge < -0.3 is 14.4 Å². The maximum absolute atomic E-state index is 13.5. The summed E-state index contributed by atoms with van der Waals surface area (Å²) < 4.78 is 14.9. The maximum Gasteiger partial charge on any atom is 0.270 e. The number of aryl methyl sites for hydroxylation is 2. The standard InChI is InChI=1S/C26H27FN6O/c1-16-13-17(27)5-11-22(16)31(2)19-7-9-20(10-8-19)32(3)25-21(15-29)26(34)33(4)23-12-6-18(14-28)30-24(23)25/h5-6,11-13,19-20H,7-10H2,1-4H3. The van der Waals surface area contributed by atoms with E-state index in [2.05, 4.69) is 16.0 Å². The summed E-state index contributed by atoms with van der Waals surface area (Å²) in [6.45, 7) is 1.92. The van der Waals surface area contributed by atoms with Crippen LogP contribution in [-0.4, -0.2) is 35.7 Å². The Morgan fingerprint density at radius 3 is 2.26 bits per heavy atom. The average molecular weight is 459 g/mol. The molecule has 3 aromatic rings. The molecule has 1 aliphatic carbocycles. The molecule has 0 amide bonds. The van der Waals surface area contributed by atoms with E-state index < -0.39 is 0 Å². The number of nitrogens with zero attached hydrogens (tertiary/aromatic N) is 6. The molecule has 0 radical (unpaired) electrons. The largest absolute Gasteiger partial charge is 0.371 e. The van der Waals surface area contributed by atoms with Crippen LogP contribution in [0.5, 0.6) is 0 Å². The minimum Gasteiger partial charge on any atom is -0.371 e. The third-order valence-corrected chi connectivity index (χ3v) is 7.09. The molecule has 1 fully saturated rings. The third-order valence-electron chi connectivity index (χ3n) is 7.09. The molecule has 0 bridgehead atoms. The van der Waals surface area contributed by atoms with E-state index in [9.17, 15) is 19.7 Å². The van der Waals surface area contributed by atoms with Crippen LogP contribution in [-0.2, 0) is 7.05 Å². The second-order valence-electron chi connectivity index (χ2n) is 8.99. The summed E-state index contributed by atoms with van der Waals surface area (Å²) in [7, 11) is 5.56. The SMILES string of the molecule is Cc1cc(F)ccc1N(C)C1CCC(N(C)c2c(C#N)c(=O)n(C)c3ccc(C#N)nc23)CC1. The summed E-state index contributed by atoms with van der Waals surface area (Å²) in [4.78, 5) is 21.6. The number of hydrogen-bond acceptors (Lipinski definition) is 6. The van der Waals surface area contributed by atoms with Crippen LogP contribution in [0.15, 0.2) is 35.1 Å². The lowest BCUT2D eigenvalue weighted by molar-refractivity contribution is 0.376. The van der Waals surface area contributed by atoms with E-state index in [1.165, 1.54) is 10.6 Å². The van der Waals surface area contributed by atoms with Crippen molar-refractivity contribution in [2.45, 2.75) is 44.7 Å². The molecule has 0 unspecified atom stereocenters. The van der Waals surface area contributed by atoms with Crippen molar-refractivity contribution in [3.63, 3.8) is 0 Å². The Morgan fingerprint density at radius 2 is 1.68 bits per heavy atom.